The normalized spacial score (nSPS) is 20.9. The second kappa shape index (κ2) is 2.65. The van der Waals surface area contributed by atoms with Crippen LogP contribution in [0.4, 0.5) is 0 Å². The maximum atomic E-state index is 7.51. The molecule has 1 aromatic rings. The molecule has 0 aliphatic rings. The molecule has 0 unspecified atom stereocenters. The molecule has 9 heavy (non-hydrogen) atoms. The average Bonchev–Trinajstić information content (AvgIpc) is 2.11. The minimum absolute atomic E-state index is 0.163. The fraction of sp³-hybridized carbons (Fsp3) is 0.250. The standard InChI is InChI=1S/C8H11N/c1-7(9)8-5-3-2-4-6-8/h2-7H,9H2,1H3/t7-/m0/s1/i2D,3D,4D,5D,6D. The minimum Gasteiger partial charge on any atom is -0.324 e. The summed E-state index contributed by atoms with van der Waals surface area (Å²) in [7, 11) is 0. The maximum Gasteiger partial charge on any atom is 0.0626 e. The smallest absolute Gasteiger partial charge is 0.0626 e. The van der Waals surface area contributed by atoms with E-state index in [1.165, 1.54) is 0 Å². The van der Waals surface area contributed by atoms with Gasteiger partial charge in [-0.15, -0.1) is 0 Å². The first-order chi connectivity index (χ1) is 6.37. The number of rotatable bonds is 1. The van der Waals surface area contributed by atoms with E-state index in [-0.39, 0.29) is 35.8 Å². The third-order valence-corrected chi connectivity index (χ3v) is 0.975. The molecule has 0 spiro atoms. The Morgan fingerprint density at radius 1 is 1.44 bits per heavy atom. The Bertz CT molecular complexity index is 345. The monoisotopic (exact) mass is 126 g/mol. The summed E-state index contributed by atoms with van der Waals surface area (Å²) in [4.78, 5) is 0. The van der Waals surface area contributed by atoms with Crippen LogP contribution in [0.3, 0.4) is 0 Å². The Hall–Kier alpha value is -0.820. The highest BCUT2D eigenvalue weighted by Crippen LogP contribution is 2.06. The molecule has 0 saturated carbocycles. The first-order valence-electron chi connectivity index (χ1n) is 5.20. The van der Waals surface area contributed by atoms with Gasteiger partial charge in [-0.2, -0.15) is 0 Å². The van der Waals surface area contributed by atoms with Crippen LogP contribution in [0, 0.1) is 0 Å². The summed E-state index contributed by atoms with van der Waals surface area (Å²) in [5.74, 6) is 0. The zero-order chi connectivity index (χ0) is 11.0. The van der Waals surface area contributed by atoms with Crippen molar-refractivity contribution < 1.29 is 6.85 Å². The van der Waals surface area contributed by atoms with Crippen molar-refractivity contribution in [1.82, 2.24) is 0 Å². The van der Waals surface area contributed by atoms with E-state index in [9.17, 15) is 0 Å². The molecule has 0 fully saturated rings. The van der Waals surface area contributed by atoms with Crippen molar-refractivity contribution >= 4 is 0 Å². The van der Waals surface area contributed by atoms with Crippen molar-refractivity contribution in [2.75, 3.05) is 0 Å². The molecule has 48 valence electrons. The van der Waals surface area contributed by atoms with Crippen LogP contribution >= 0.6 is 0 Å². The first-order valence-corrected chi connectivity index (χ1v) is 2.70. The number of nitrogens with two attached hydrogens (primary N) is 1. The first kappa shape index (κ1) is 2.43. The topological polar surface area (TPSA) is 26.0 Å². The van der Waals surface area contributed by atoms with Gasteiger partial charge in [0.15, 0.2) is 0 Å². The van der Waals surface area contributed by atoms with E-state index < -0.39 is 6.04 Å². The molecule has 1 atom stereocenters. The lowest BCUT2D eigenvalue weighted by Crippen LogP contribution is -2.03. The van der Waals surface area contributed by atoms with Gasteiger partial charge in [0.05, 0.1) is 6.85 Å². The van der Waals surface area contributed by atoms with Gasteiger partial charge in [-0.3, -0.25) is 0 Å². The predicted octanol–water partition coefficient (Wildman–Crippen LogP) is 1.71. The fourth-order valence-electron chi connectivity index (χ4n) is 0.487. The van der Waals surface area contributed by atoms with Crippen molar-refractivity contribution in [2.24, 2.45) is 5.73 Å². The molecule has 1 heteroatoms. The highest BCUT2D eigenvalue weighted by molar-refractivity contribution is 5.17. The van der Waals surface area contributed by atoms with Crippen molar-refractivity contribution in [3.63, 3.8) is 0 Å². The Balaban J connectivity index is 3.60. The van der Waals surface area contributed by atoms with Crippen LogP contribution < -0.4 is 5.73 Å². The van der Waals surface area contributed by atoms with Crippen LogP contribution in [-0.4, -0.2) is 0 Å². The molecule has 0 aliphatic heterocycles. The highest BCUT2D eigenvalue weighted by Gasteiger charge is 1.93. The minimum atomic E-state index is -0.566. The Morgan fingerprint density at radius 3 is 2.44 bits per heavy atom. The van der Waals surface area contributed by atoms with Crippen molar-refractivity contribution in [3.8, 4) is 0 Å². The summed E-state index contributed by atoms with van der Waals surface area (Å²) in [6.07, 6.45) is 0. The Labute approximate surface area is 62.5 Å². The summed E-state index contributed by atoms with van der Waals surface area (Å²) in [6, 6.07) is -2.05. The lowest BCUT2D eigenvalue weighted by Gasteiger charge is -2.02. The van der Waals surface area contributed by atoms with Crippen LogP contribution in [-0.2, 0) is 0 Å². The maximum absolute atomic E-state index is 7.51. The largest absolute Gasteiger partial charge is 0.324 e. The van der Waals surface area contributed by atoms with Crippen molar-refractivity contribution in [3.05, 3.63) is 35.8 Å². The van der Waals surface area contributed by atoms with Gasteiger partial charge < -0.3 is 5.73 Å². The lowest BCUT2D eigenvalue weighted by molar-refractivity contribution is 0.818. The van der Waals surface area contributed by atoms with Gasteiger partial charge in [0.2, 0.25) is 0 Å². The van der Waals surface area contributed by atoms with E-state index >= 15 is 0 Å². The van der Waals surface area contributed by atoms with Gasteiger partial charge in [0.25, 0.3) is 0 Å². The van der Waals surface area contributed by atoms with E-state index in [1.807, 2.05) is 0 Å². The average molecular weight is 126 g/mol. The molecule has 0 aromatic heterocycles. The van der Waals surface area contributed by atoms with Crippen LogP contribution in [0.1, 0.15) is 25.4 Å². The van der Waals surface area contributed by atoms with Crippen LogP contribution in [0.15, 0.2) is 30.2 Å². The number of hydrogen-bond donors (Lipinski definition) is 1. The van der Waals surface area contributed by atoms with Gasteiger partial charge in [-0.1, -0.05) is 30.2 Å². The molecule has 0 bridgehead atoms. The van der Waals surface area contributed by atoms with Crippen LogP contribution in [0.5, 0.6) is 0 Å². The molecule has 1 aromatic carbocycles. The van der Waals surface area contributed by atoms with E-state index in [2.05, 4.69) is 0 Å². The van der Waals surface area contributed by atoms with E-state index in [0.717, 1.165) is 0 Å². The van der Waals surface area contributed by atoms with Gasteiger partial charge in [-0.05, 0) is 12.5 Å². The third-order valence-electron chi connectivity index (χ3n) is 0.975. The van der Waals surface area contributed by atoms with Crippen molar-refractivity contribution in [2.45, 2.75) is 13.0 Å². The summed E-state index contributed by atoms with van der Waals surface area (Å²) in [6.45, 7) is 1.59. The Morgan fingerprint density at radius 2 is 2.00 bits per heavy atom. The number of hydrogen-bond acceptors (Lipinski definition) is 1. The molecular weight excluding hydrogens is 110 g/mol. The second-order valence-electron chi connectivity index (χ2n) is 1.83. The number of benzene rings is 1. The summed E-state index contributed by atoms with van der Waals surface area (Å²) < 4.78 is 37.1. The molecular formula is C8H11N. The molecule has 0 heterocycles. The molecule has 2 N–H and O–H groups in total. The highest BCUT2D eigenvalue weighted by atomic mass is 14.6. The van der Waals surface area contributed by atoms with E-state index in [4.69, 9.17) is 12.6 Å². The van der Waals surface area contributed by atoms with Gasteiger partial charge >= 0.3 is 0 Å². The van der Waals surface area contributed by atoms with Gasteiger partial charge in [-0.25, -0.2) is 0 Å². The zero-order valence-electron chi connectivity index (χ0n) is 10.2. The SMILES string of the molecule is [2H]c1c([2H])c([2H])c([C@H](C)N)c([2H])c1[2H]. The zero-order valence-corrected chi connectivity index (χ0v) is 5.15. The van der Waals surface area contributed by atoms with E-state index in [0.29, 0.717) is 0 Å². The summed E-state index contributed by atoms with van der Waals surface area (Å²) in [5.41, 5.74) is 5.70. The molecule has 1 nitrogen and oxygen atoms in total. The van der Waals surface area contributed by atoms with Crippen molar-refractivity contribution in [1.29, 1.82) is 0 Å². The second-order valence-corrected chi connectivity index (χ2v) is 1.83. The van der Waals surface area contributed by atoms with Crippen LogP contribution in [0.2, 0.25) is 0 Å². The van der Waals surface area contributed by atoms with E-state index in [1.54, 1.807) is 6.92 Å². The molecule has 0 amide bonds. The molecule has 1 rings (SSSR count). The lowest BCUT2D eigenvalue weighted by atomic mass is 10.1. The van der Waals surface area contributed by atoms with Gasteiger partial charge in [0, 0.05) is 6.04 Å². The third kappa shape index (κ3) is 1.54. The quantitative estimate of drug-likeness (QED) is 0.609. The predicted molar refractivity (Wildman–Crippen MR) is 39.0 cm³/mol. The fourth-order valence-corrected chi connectivity index (χ4v) is 0.487. The summed E-state index contributed by atoms with van der Waals surface area (Å²) >= 11 is 0. The Kier molecular flexibility index (Phi) is 0.714. The van der Waals surface area contributed by atoms with Gasteiger partial charge in [0.1, 0.15) is 0 Å². The molecule has 0 saturated heterocycles. The molecule has 0 aliphatic carbocycles. The summed E-state index contributed by atoms with van der Waals surface area (Å²) in [5, 5.41) is 0. The molecule has 0 radical (unpaired) electrons. The van der Waals surface area contributed by atoms with Crippen LogP contribution in [0.25, 0.3) is 0 Å².